The number of anilines is 1. The highest BCUT2D eigenvalue weighted by Crippen LogP contribution is 2.25. The maximum absolute atomic E-state index is 12.7. The fraction of sp³-hybridized carbons (Fsp3) is 0.250. The molecule has 0 unspecified atom stereocenters. The van der Waals surface area contributed by atoms with Gasteiger partial charge in [0.15, 0.2) is 0 Å². The lowest BCUT2D eigenvalue weighted by Gasteiger charge is -2.17. The lowest BCUT2D eigenvalue weighted by Crippen LogP contribution is -2.27. The largest absolute Gasteiger partial charge is 0.312 e. The van der Waals surface area contributed by atoms with E-state index >= 15 is 0 Å². The molecule has 25 heavy (non-hydrogen) atoms. The Kier molecular flexibility index (Phi) is 3.84. The third kappa shape index (κ3) is 2.93. The lowest BCUT2D eigenvalue weighted by atomic mass is 10.1. The zero-order valence-electron chi connectivity index (χ0n) is 14.1. The Morgan fingerprint density at radius 1 is 1.12 bits per heavy atom. The molecular weight excluding hydrogens is 314 g/mol. The maximum atomic E-state index is 12.7. The summed E-state index contributed by atoms with van der Waals surface area (Å²) in [4.78, 5) is 31.3. The van der Waals surface area contributed by atoms with Gasteiger partial charge in [-0.05, 0) is 31.2 Å². The number of aromatic nitrogens is 2. The number of nitrogens with zero attached hydrogens (tertiary/aromatic N) is 3. The topological polar surface area (TPSA) is 55.2 Å². The number of benzene rings is 2. The molecule has 0 aliphatic carbocycles. The van der Waals surface area contributed by atoms with Crippen LogP contribution < -0.4 is 10.5 Å². The summed E-state index contributed by atoms with van der Waals surface area (Å²) in [6.07, 6.45) is 2.04. The molecular formula is C20H19N3O2. The van der Waals surface area contributed by atoms with Gasteiger partial charge in [0.2, 0.25) is 5.91 Å². The van der Waals surface area contributed by atoms with Crippen LogP contribution in [-0.2, 0) is 11.3 Å². The minimum absolute atomic E-state index is 0.0423. The zero-order chi connectivity index (χ0) is 17.4. The van der Waals surface area contributed by atoms with Gasteiger partial charge in [0, 0.05) is 31.1 Å². The average Bonchev–Trinajstić information content (AvgIpc) is 2.99. The second-order valence-corrected chi connectivity index (χ2v) is 6.63. The molecule has 3 aromatic rings. The normalized spacial score (nSPS) is 17.4. The molecule has 5 nitrogen and oxygen atoms in total. The minimum Gasteiger partial charge on any atom is -0.312 e. The summed E-state index contributed by atoms with van der Waals surface area (Å²) in [6, 6.07) is 15.4. The lowest BCUT2D eigenvalue weighted by molar-refractivity contribution is -0.117. The number of hydrogen-bond donors (Lipinski definition) is 0. The standard InChI is InChI=1S/C20H19N3O2/c1-14-7-8-18-17(9-14)20(25)22(13-21-18)11-15-10-19(24)23(12-15)16-5-3-2-4-6-16/h2-9,13,15H,10-12H2,1H3/t15-/m1/s1. The number of carbonyl (C=O) groups excluding carboxylic acids is 1. The highest BCUT2D eigenvalue weighted by atomic mass is 16.2. The van der Waals surface area contributed by atoms with Gasteiger partial charge in [-0.15, -0.1) is 0 Å². The molecule has 0 bridgehead atoms. The highest BCUT2D eigenvalue weighted by Gasteiger charge is 2.30. The Bertz CT molecular complexity index is 995. The molecule has 1 amide bonds. The van der Waals surface area contributed by atoms with Crippen molar-refractivity contribution in [3.63, 3.8) is 0 Å². The molecule has 1 aliphatic rings. The number of hydrogen-bond acceptors (Lipinski definition) is 3. The van der Waals surface area contributed by atoms with Gasteiger partial charge in [-0.25, -0.2) is 4.98 Å². The number of fused-ring (bicyclic) bond motifs is 1. The van der Waals surface area contributed by atoms with E-state index in [2.05, 4.69) is 4.98 Å². The Balaban J connectivity index is 1.59. The van der Waals surface area contributed by atoms with Crippen LogP contribution in [0.4, 0.5) is 5.69 Å². The van der Waals surface area contributed by atoms with Crippen molar-refractivity contribution in [1.82, 2.24) is 9.55 Å². The highest BCUT2D eigenvalue weighted by molar-refractivity contribution is 5.95. The molecule has 0 radical (unpaired) electrons. The second-order valence-electron chi connectivity index (χ2n) is 6.63. The van der Waals surface area contributed by atoms with Crippen LogP contribution in [0.25, 0.3) is 10.9 Å². The monoisotopic (exact) mass is 333 g/mol. The number of amides is 1. The molecule has 0 saturated carbocycles. The summed E-state index contributed by atoms with van der Waals surface area (Å²) in [5, 5.41) is 0.631. The average molecular weight is 333 g/mol. The SMILES string of the molecule is Cc1ccc2ncn(C[C@H]3CC(=O)N(c4ccccc4)C3)c(=O)c2c1. The van der Waals surface area contributed by atoms with Crippen molar-refractivity contribution < 1.29 is 4.79 Å². The van der Waals surface area contributed by atoms with Gasteiger partial charge in [0.05, 0.1) is 17.2 Å². The van der Waals surface area contributed by atoms with Gasteiger partial charge in [-0.3, -0.25) is 14.2 Å². The third-order valence-corrected chi connectivity index (χ3v) is 4.71. The van der Waals surface area contributed by atoms with E-state index in [1.807, 2.05) is 55.5 Å². The van der Waals surface area contributed by atoms with E-state index in [1.165, 1.54) is 0 Å². The van der Waals surface area contributed by atoms with Crippen molar-refractivity contribution in [3.8, 4) is 0 Å². The molecule has 1 aromatic heterocycles. The van der Waals surface area contributed by atoms with E-state index in [1.54, 1.807) is 15.8 Å². The van der Waals surface area contributed by atoms with Crippen LogP contribution in [0, 0.1) is 12.8 Å². The van der Waals surface area contributed by atoms with Crippen LogP contribution in [0.1, 0.15) is 12.0 Å². The van der Waals surface area contributed by atoms with Crippen LogP contribution >= 0.6 is 0 Å². The quantitative estimate of drug-likeness (QED) is 0.740. The predicted molar refractivity (Wildman–Crippen MR) is 97.6 cm³/mol. The van der Waals surface area contributed by atoms with Gasteiger partial charge in [0.1, 0.15) is 0 Å². The summed E-state index contributed by atoms with van der Waals surface area (Å²) in [7, 11) is 0. The Labute approximate surface area is 145 Å². The number of aryl methyl sites for hydroxylation is 1. The van der Waals surface area contributed by atoms with E-state index in [9.17, 15) is 9.59 Å². The number of rotatable bonds is 3. The summed E-state index contributed by atoms with van der Waals surface area (Å²) >= 11 is 0. The molecule has 2 aromatic carbocycles. The van der Waals surface area contributed by atoms with Crippen LogP contribution in [0.5, 0.6) is 0 Å². The van der Waals surface area contributed by atoms with Gasteiger partial charge >= 0.3 is 0 Å². The van der Waals surface area contributed by atoms with Crippen molar-refractivity contribution >= 4 is 22.5 Å². The maximum Gasteiger partial charge on any atom is 0.261 e. The smallest absolute Gasteiger partial charge is 0.261 e. The third-order valence-electron chi connectivity index (χ3n) is 4.71. The predicted octanol–water partition coefficient (Wildman–Crippen LogP) is 2.76. The minimum atomic E-state index is -0.0423. The fourth-order valence-corrected chi connectivity index (χ4v) is 3.44. The van der Waals surface area contributed by atoms with E-state index < -0.39 is 0 Å². The summed E-state index contributed by atoms with van der Waals surface area (Å²) in [5.41, 5.74) is 2.62. The van der Waals surface area contributed by atoms with Crippen LogP contribution in [0.15, 0.2) is 59.7 Å². The van der Waals surface area contributed by atoms with E-state index in [0.717, 1.165) is 11.3 Å². The van der Waals surface area contributed by atoms with Gasteiger partial charge in [0.25, 0.3) is 5.56 Å². The molecule has 0 spiro atoms. The summed E-state index contributed by atoms with van der Waals surface area (Å²) in [6.45, 7) is 3.09. The van der Waals surface area contributed by atoms with Gasteiger partial charge < -0.3 is 4.90 Å². The first-order chi connectivity index (χ1) is 12.1. The molecule has 1 saturated heterocycles. The Morgan fingerprint density at radius 2 is 1.92 bits per heavy atom. The molecule has 5 heteroatoms. The first-order valence-electron chi connectivity index (χ1n) is 8.43. The van der Waals surface area contributed by atoms with Crippen LogP contribution in [0.3, 0.4) is 0 Å². The van der Waals surface area contributed by atoms with Crippen LogP contribution in [-0.4, -0.2) is 22.0 Å². The first kappa shape index (κ1) is 15.6. The molecule has 4 rings (SSSR count). The van der Waals surface area contributed by atoms with Crippen molar-refractivity contribution in [2.24, 2.45) is 5.92 Å². The molecule has 2 heterocycles. The molecule has 1 atom stereocenters. The van der Waals surface area contributed by atoms with E-state index in [0.29, 0.717) is 30.4 Å². The molecule has 1 aliphatic heterocycles. The molecule has 126 valence electrons. The Hall–Kier alpha value is -2.95. The van der Waals surface area contributed by atoms with Gasteiger partial charge in [-0.2, -0.15) is 0 Å². The van der Waals surface area contributed by atoms with Crippen molar-refractivity contribution in [3.05, 3.63) is 70.8 Å². The van der Waals surface area contributed by atoms with Crippen molar-refractivity contribution in [2.45, 2.75) is 19.9 Å². The summed E-state index contributed by atoms with van der Waals surface area (Å²) < 4.78 is 1.63. The van der Waals surface area contributed by atoms with Gasteiger partial charge in [-0.1, -0.05) is 29.8 Å². The molecule has 0 N–H and O–H groups in total. The fourth-order valence-electron chi connectivity index (χ4n) is 3.44. The van der Waals surface area contributed by atoms with Crippen molar-refractivity contribution in [2.75, 3.05) is 11.4 Å². The second kappa shape index (κ2) is 6.16. The molecule has 1 fully saturated rings. The number of carbonyl (C=O) groups is 1. The van der Waals surface area contributed by atoms with Crippen molar-refractivity contribution in [1.29, 1.82) is 0 Å². The zero-order valence-corrected chi connectivity index (χ0v) is 14.1. The van der Waals surface area contributed by atoms with E-state index in [4.69, 9.17) is 0 Å². The van der Waals surface area contributed by atoms with Crippen LogP contribution in [0.2, 0.25) is 0 Å². The summed E-state index contributed by atoms with van der Waals surface area (Å²) in [5.74, 6) is 0.211. The number of para-hydroxylation sites is 1. The Morgan fingerprint density at radius 3 is 2.72 bits per heavy atom. The first-order valence-corrected chi connectivity index (χ1v) is 8.43. The van der Waals surface area contributed by atoms with E-state index in [-0.39, 0.29) is 17.4 Å².